The summed E-state index contributed by atoms with van der Waals surface area (Å²) in [7, 11) is -3.71. The van der Waals surface area contributed by atoms with E-state index in [0.717, 1.165) is 6.42 Å². The number of hydrogen-bond acceptors (Lipinski definition) is 3. The van der Waals surface area contributed by atoms with Crippen LogP contribution in [0, 0.1) is 17.8 Å². The van der Waals surface area contributed by atoms with Gasteiger partial charge in [0.05, 0.1) is 16.6 Å². The Morgan fingerprint density at radius 2 is 1.90 bits per heavy atom. The van der Waals surface area contributed by atoms with Crippen LogP contribution < -0.4 is 10.5 Å². The Labute approximate surface area is 135 Å². The van der Waals surface area contributed by atoms with E-state index in [9.17, 15) is 8.42 Å². The third kappa shape index (κ3) is 4.60. The lowest BCUT2D eigenvalue weighted by molar-refractivity contribution is 0.575. The van der Waals surface area contributed by atoms with Crippen molar-refractivity contribution in [2.45, 2.75) is 24.2 Å². The van der Waals surface area contributed by atoms with Crippen LogP contribution in [0.25, 0.3) is 0 Å². The summed E-state index contributed by atoms with van der Waals surface area (Å²) >= 11 is 12.1. The molecule has 0 spiro atoms. The van der Waals surface area contributed by atoms with Crippen LogP contribution in [0.3, 0.4) is 0 Å². The maximum atomic E-state index is 12.3. The second-order valence-corrected chi connectivity index (χ2v) is 7.42. The van der Waals surface area contributed by atoms with Crippen LogP contribution in [0.4, 0.5) is 0 Å². The Kier molecular flexibility index (Phi) is 5.53. The minimum absolute atomic E-state index is 0.0581. The quantitative estimate of drug-likeness (QED) is 0.804. The van der Waals surface area contributed by atoms with Crippen molar-refractivity contribution in [3.05, 3.63) is 27.7 Å². The van der Waals surface area contributed by atoms with Gasteiger partial charge in [-0.1, -0.05) is 47.9 Å². The number of nitrogens with two attached hydrogens (primary N) is 1. The van der Waals surface area contributed by atoms with Crippen molar-refractivity contribution < 1.29 is 8.42 Å². The molecule has 0 aliphatic heterocycles. The van der Waals surface area contributed by atoms with Gasteiger partial charge in [0.2, 0.25) is 10.0 Å². The monoisotopic (exact) mass is 346 g/mol. The number of rotatable bonds is 5. The average Bonchev–Trinajstić information content (AvgIpc) is 3.19. The number of benzene rings is 1. The van der Waals surface area contributed by atoms with Gasteiger partial charge in [-0.25, -0.2) is 13.1 Å². The summed E-state index contributed by atoms with van der Waals surface area (Å²) in [5.41, 5.74) is 5.83. The van der Waals surface area contributed by atoms with Crippen LogP contribution in [0.5, 0.6) is 0 Å². The van der Waals surface area contributed by atoms with E-state index in [4.69, 9.17) is 28.9 Å². The highest BCUT2D eigenvalue weighted by Gasteiger charge is 2.25. The number of sulfonamides is 1. The summed E-state index contributed by atoms with van der Waals surface area (Å²) in [5, 5.41) is 0.116. The van der Waals surface area contributed by atoms with Gasteiger partial charge in [0.25, 0.3) is 0 Å². The zero-order valence-electron chi connectivity index (χ0n) is 11.3. The first-order valence-electron chi connectivity index (χ1n) is 6.61. The molecular weight excluding hydrogens is 331 g/mol. The number of hydrogen-bond donors (Lipinski definition) is 2. The van der Waals surface area contributed by atoms with Crippen molar-refractivity contribution in [2.75, 3.05) is 13.1 Å². The second kappa shape index (κ2) is 6.99. The molecule has 3 N–H and O–H groups in total. The van der Waals surface area contributed by atoms with E-state index in [1.165, 1.54) is 25.0 Å². The summed E-state index contributed by atoms with van der Waals surface area (Å²) in [6.45, 7) is 0.604. The van der Waals surface area contributed by atoms with Crippen molar-refractivity contribution >= 4 is 33.2 Å². The maximum absolute atomic E-state index is 12.3. The summed E-state index contributed by atoms with van der Waals surface area (Å²) in [5.74, 6) is 6.08. The van der Waals surface area contributed by atoms with Gasteiger partial charge >= 0.3 is 0 Å². The molecule has 21 heavy (non-hydrogen) atoms. The first-order valence-corrected chi connectivity index (χ1v) is 8.85. The third-order valence-electron chi connectivity index (χ3n) is 3.14. The number of halogens is 2. The Morgan fingerprint density at radius 1 is 1.29 bits per heavy atom. The molecule has 1 fully saturated rings. The second-order valence-electron chi connectivity index (χ2n) is 4.90. The molecule has 2 rings (SSSR count). The van der Waals surface area contributed by atoms with E-state index >= 15 is 0 Å². The first-order chi connectivity index (χ1) is 9.94. The van der Waals surface area contributed by atoms with E-state index in [2.05, 4.69) is 16.6 Å². The van der Waals surface area contributed by atoms with Crippen molar-refractivity contribution in [3.8, 4) is 11.8 Å². The van der Waals surface area contributed by atoms with E-state index < -0.39 is 10.0 Å². The zero-order chi connectivity index (χ0) is 15.5. The smallest absolute Gasteiger partial charge is 0.243 e. The molecule has 7 heteroatoms. The van der Waals surface area contributed by atoms with Gasteiger partial charge in [0.1, 0.15) is 4.90 Å². The molecule has 0 heterocycles. The third-order valence-corrected chi connectivity index (χ3v) is 5.53. The van der Waals surface area contributed by atoms with E-state index in [1.54, 1.807) is 0 Å². The molecule has 1 aromatic rings. The van der Waals surface area contributed by atoms with Crippen molar-refractivity contribution in [1.82, 2.24) is 4.72 Å². The Balaban J connectivity index is 2.20. The van der Waals surface area contributed by atoms with E-state index in [0.29, 0.717) is 18.0 Å². The standard InChI is InChI=1S/C14H16Cl2N2O2S/c15-12-8-11(2-1-6-17)9-13(16)14(12)21(19,20)18-7-5-10-3-4-10/h8-10,18H,3-7,17H2. The van der Waals surface area contributed by atoms with Gasteiger partial charge in [0.15, 0.2) is 0 Å². The van der Waals surface area contributed by atoms with Crippen LogP contribution >= 0.6 is 23.2 Å². The van der Waals surface area contributed by atoms with Crippen molar-refractivity contribution in [3.63, 3.8) is 0 Å². The van der Waals surface area contributed by atoms with Gasteiger partial charge in [0, 0.05) is 12.1 Å². The fraction of sp³-hybridized carbons (Fsp3) is 0.429. The molecule has 1 saturated carbocycles. The molecule has 4 nitrogen and oxygen atoms in total. The van der Waals surface area contributed by atoms with Crippen LogP contribution in [0.15, 0.2) is 17.0 Å². The van der Waals surface area contributed by atoms with Crippen LogP contribution in [-0.4, -0.2) is 21.5 Å². The molecule has 0 amide bonds. The van der Waals surface area contributed by atoms with Gasteiger partial charge in [-0.15, -0.1) is 0 Å². The Bertz CT molecular complexity index is 666. The summed E-state index contributed by atoms with van der Waals surface area (Å²) in [6.07, 6.45) is 3.20. The molecule has 0 radical (unpaired) electrons. The number of nitrogens with one attached hydrogen (secondary N) is 1. The summed E-state index contributed by atoms with van der Waals surface area (Å²) < 4.78 is 27.1. The van der Waals surface area contributed by atoms with Crippen LogP contribution in [-0.2, 0) is 10.0 Å². The van der Waals surface area contributed by atoms with Gasteiger partial charge in [-0.05, 0) is 24.5 Å². The molecular formula is C14H16Cl2N2O2S. The molecule has 1 aliphatic rings. The predicted octanol–water partition coefficient (Wildman–Crippen LogP) is 2.38. The lowest BCUT2D eigenvalue weighted by Crippen LogP contribution is -2.25. The van der Waals surface area contributed by atoms with Crippen LogP contribution in [0.1, 0.15) is 24.8 Å². The average molecular weight is 347 g/mol. The highest BCUT2D eigenvalue weighted by molar-refractivity contribution is 7.89. The normalized spacial score (nSPS) is 14.6. The Morgan fingerprint density at radius 3 is 2.43 bits per heavy atom. The fourth-order valence-corrected chi connectivity index (χ4v) is 4.18. The van der Waals surface area contributed by atoms with Gasteiger partial charge in [-0.3, -0.25) is 0 Å². The van der Waals surface area contributed by atoms with E-state index in [1.807, 2.05) is 0 Å². The summed E-state index contributed by atoms with van der Waals surface area (Å²) in [4.78, 5) is -0.0973. The fourth-order valence-electron chi connectivity index (χ4n) is 1.92. The lowest BCUT2D eigenvalue weighted by Gasteiger charge is -2.10. The lowest BCUT2D eigenvalue weighted by atomic mass is 10.2. The molecule has 0 unspecified atom stereocenters. The highest BCUT2D eigenvalue weighted by atomic mass is 35.5. The van der Waals surface area contributed by atoms with Gasteiger partial charge in [-0.2, -0.15) is 0 Å². The van der Waals surface area contributed by atoms with Crippen molar-refractivity contribution in [1.29, 1.82) is 0 Å². The van der Waals surface area contributed by atoms with Crippen molar-refractivity contribution in [2.24, 2.45) is 11.7 Å². The minimum atomic E-state index is -3.71. The topological polar surface area (TPSA) is 72.2 Å². The maximum Gasteiger partial charge on any atom is 0.243 e. The largest absolute Gasteiger partial charge is 0.320 e. The SMILES string of the molecule is NCC#Cc1cc(Cl)c(S(=O)(=O)NCCC2CC2)c(Cl)c1. The van der Waals surface area contributed by atoms with Crippen LogP contribution in [0.2, 0.25) is 10.0 Å². The minimum Gasteiger partial charge on any atom is -0.320 e. The summed E-state index contributed by atoms with van der Waals surface area (Å²) in [6, 6.07) is 2.96. The molecule has 0 atom stereocenters. The highest BCUT2D eigenvalue weighted by Crippen LogP contribution is 2.33. The first kappa shape index (κ1) is 16.6. The molecule has 0 bridgehead atoms. The van der Waals surface area contributed by atoms with E-state index in [-0.39, 0.29) is 21.5 Å². The molecule has 1 aliphatic carbocycles. The molecule has 0 aromatic heterocycles. The molecule has 1 aromatic carbocycles. The predicted molar refractivity (Wildman–Crippen MR) is 84.9 cm³/mol. The van der Waals surface area contributed by atoms with Gasteiger partial charge < -0.3 is 5.73 Å². The zero-order valence-corrected chi connectivity index (χ0v) is 13.7. The Hall–Kier alpha value is -0.770. The molecule has 0 saturated heterocycles. The molecule has 114 valence electrons.